The molecule has 0 spiro atoms. The normalized spacial score (nSPS) is 13.7. The molecule has 0 saturated heterocycles. The molecule has 0 N–H and O–H groups in total. The van der Waals surface area contributed by atoms with E-state index in [0.717, 1.165) is 9.87 Å². The zero-order chi connectivity index (χ0) is 19.8. The number of halogens is 1. The Labute approximate surface area is 161 Å². The summed E-state index contributed by atoms with van der Waals surface area (Å²) in [4.78, 5) is 24.5. The molecular formula is C17H16ClN3O5S. The molecule has 1 heterocycles. The highest BCUT2D eigenvalue weighted by molar-refractivity contribution is 7.89. The molecule has 8 nitrogen and oxygen atoms in total. The van der Waals surface area contributed by atoms with Gasteiger partial charge >= 0.3 is 0 Å². The first-order valence-corrected chi connectivity index (χ1v) is 9.81. The zero-order valence-electron chi connectivity index (χ0n) is 14.3. The number of rotatable bonds is 5. The number of hydrogen-bond donors (Lipinski definition) is 0. The van der Waals surface area contributed by atoms with Gasteiger partial charge in [-0.25, -0.2) is 8.42 Å². The average molecular weight is 410 g/mol. The van der Waals surface area contributed by atoms with Crippen molar-refractivity contribution in [2.24, 2.45) is 0 Å². The Kier molecular flexibility index (Phi) is 5.18. The Bertz CT molecular complexity index is 1010. The lowest BCUT2D eigenvalue weighted by Crippen LogP contribution is -2.40. The standard InChI is InChI=1S/C17H16ClN3O5S/c1-19(27(25,26)15-6-3-13(18)4-7-15)11-17(22)20-9-8-12-2-5-14(21(23)24)10-16(12)20/h2-7,10H,8-9,11H2,1H3. The van der Waals surface area contributed by atoms with Crippen LogP contribution in [0.2, 0.25) is 5.02 Å². The highest BCUT2D eigenvalue weighted by atomic mass is 35.5. The number of anilines is 1. The Hall–Kier alpha value is -2.49. The fraction of sp³-hybridized carbons (Fsp3) is 0.235. The monoisotopic (exact) mass is 409 g/mol. The molecule has 1 amide bonds. The topological polar surface area (TPSA) is 101 Å². The maximum atomic E-state index is 12.7. The van der Waals surface area contributed by atoms with Crippen LogP contribution >= 0.6 is 11.6 Å². The van der Waals surface area contributed by atoms with Crippen LogP contribution < -0.4 is 4.90 Å². The maximum absolute atomic E-state index is 12.7. The van der Waals surface area contributed by atoms with Gasteiger partial charge in [-0.3, -0.25) is 14.9 Å². The lowest BCUT2D eigenvalue weighted by atomic mass is 10.1. The quantitative estimate of drug-likeness (QED) is 0.557. The molecule has 0 atom stereocenters. The van der Waals surface area contributed by atoms with Crippen molar-refractivity contribution in [3.05, 3.63) is 63.2 Å². The van der Waals surface area contributed by atoms with Crippen LogP contribution in [0.3, 0.4) is 0 Å². The number of benzene rings is 2. The van der Waals surface area contributed by atoms with Gasteiger partial charge in [-0.1, -0.05) is 17.7 Å². The van der Waals surface area contributed by atoms with E-state index in [-0.39, 0.29) is 17.1 Å². The van der Waals surface area contributed by atoms with Crippen LogP contribution in [0, 0.1) is 10.1 Å². The second kappa shape index (κ2) is 7.26. The van der Waals surface area contributed by atoms with Crippen molar-refractivity contribution >= 4 is 38.9 Å². The van der Waals surface area contributed by atoms with Gasteiger partial charge in [-0.2, -0.15) is 4.31 Å². The first-order chi connectivity index (χ1) is 12.7. The number of likely N-dealkylation sites (N-methyl/N-ethyl adjacent to an activating group) is 1. The maximum Gasteiger partial charge on any atom is 0.271 e. The fourth-order valence-corrected chi connectivity index (χ4v) is 4.13. The van der Waals surface area contributed by atoms with Crippen LogP contribution in [0.15, 0.2) is 47.4 Å². The second-order valence-corrected chi connectivity index (χ2v) is 8.56. The molecule has 2 aromatic carbocycles. The van der Waals surface area contributed by atoms with Gasteiger partial charge in [0, 0.05) is 30.7 Å². The summed E-state index contributed by atoms with van der Waals surface area (Å²) in [6, 6.07) is 10.0. The fourth-order valence-electron chi connectivity index (χ4n) is 2.89. The van der Waals surface area contributed by atoms with Crippen LogP contribution in [0.1, 0.15) is 5.56 Å². The number of nitrogens with zero attached hydrogens (tertiary/aromatic N) is 3. The van der Waals surface area contributed by atoms with Crippen molar-refractivity contribution in [3.8, 4) is 0 Å². The summed E-state index contributed by atoms with van der Waals surface area (Å²) in [5, 5.41) is 11.4. The van der Waals surface area contributed by atoms with E-state index in [0.29, 0.717) is 23.7 Å². The van der Waals surface area contributed by atoms with Crippen molar-refractivity contribution in [1.29, 1.82) is 0 Å². The third-order valence-corrected chi connectivity index (χ3v) is 6.43. The number of amides is 1. The third kappa shape index (κ3) is 3.80. The van der Waals surface area contributed by atoms with Crippen LogP contribution in [-0.4, -0.2) is 43.7 Å². The van der Waals surface area contributed by atoms with Crippen LogP contribution in [0.25, 0.3) is 0 Å². The highest BCUT2D eigenvalue weighted by Gasteiger charge is 2.30. The number of hydrogen-bond acceptors (Lipinski definition) is 5. The minimum absolute atomic E-state index is 0.0275. The van der Waals surface area contributed by atoms with Gasteiger partial charge in [0.25, 0.3) is 5.69 Å². The number of carbonyl (C=O) groups is 1. The van der Waals surface area contributed by atoms with Gasteiger partial charge in [0.1, 0.15) is 0 Å². The Morgan fingerprint density at radius 2 is 1.93 bits per heavy atom. The molecule has 3 rings (SSSR count). The van der Waals surface area contributed by atoms with E-state index in [4.69, 9.17) is 11.6 Å². The minimum atomic E-state index is -3.86. The Morgan fingerprint density at radius 3 is 2.56 bits per heavy atom. The lowest BCUT2D eigenvalue weighted by molar-refractivity contribution is -0.384. The summed E-state index contributed by atoms with van der Waals surface area (Å²) in [6.45, 7) is -0.0305. The van der Waals surface area contributed by atoms with Crippen molar-refractivity contribution in [2.75, 3.05) is 25.0 Å². The number of nitro groups is 1. The summed E-state index contributed by atoms with van der Waals surface area (Å²) in [6.07, 6.45) is 0.562. The van der Waals surface area contributed by atoms with E-state index in [9.17, 15) is 23.3 Å². The van der Waals surface area contributed by atoms with Crippen molar-refractivity contribution in [1.82, 2.24) is 4.31 Å². The van der Waals surface area contributed by atoms with Crippen molar-refractivity contribution in [3.63, 3.8) is 0 Å². The Morgan fingerprint density at radius 1 is 1.26 bits per heavy atom. The summed E-state index contributed by atoms with van der Waals surface area (Å²) in [7, 11) is -2.55. The van der Waals surface area contributed by atoms with Gasteiger partial charge in [0.2, 0.25) is 15.9 Å². The second-order valence-electron chi connectivity index (χ2n) is 6.08. The molecule has 0 saturated carbocycles. The van der Waals surface area contributed by atoms with Crippen LogP contribution in [-0.2, 0) is 21.2 Å². The molecule has 0 aromatic heterocycles. The SMILES string of the molecule is CN(CC(=O)N1CCc2ccc([N+](=O)[O-])cc21)S(=O)(=O)c1ccc(Cl)cc1. The number of fused-ring (bicyclic) bond motifs is 1. The zero-order valence-corrected chi connectivity index (χ0v) is 15.9. The van der Waals surface area contributed by atoms with Crippen LogP contribution in [0.5, 0.6) is 0 Å². The average Bonchev–Trinajstić information content (AvgIpc) is 3.05. The van der Waals surface area contributed by atoms with Gasteiger partial charge in [0.15, 0.2) is 0 Å². The summed E-state index contributed by atoms with van der Waals surface area (Å²) in [5.74, 6) is -0.450. The highest BCUT2D eigenvalue weighted by Crippen LogP contribution is 2.32. The van der Waals surface area contributed by atoms with E-state index in [2.05, 4.69) is 0 Å². The largest absolute Gasteiger partial charge is 0.310 e. The first kappa shape index (κ1) is 19.3. The van der Waals surface area contributed by atoms with Gasteiger partial charge < -0.3 is 4.90 Å². The molecule has 0 unspecified atom stereocenters. The number of nitro benzene ring substituents is 1. The van der Waals surface area contributed by atoms with Crippen molar-refractivity contribution < 1.29 is 18.1 Å². The first-order valence-electron chi connectivity index (χ1n) is 8.00. The summed E-state index contributed by atoms with van der Waals surface area (Å²) in [5.41, 5.74) is 1.15. The molecule has 1 aliphatic rings. The molecule has 2 aromatic rings. The van der Waals surface area contributed by atoms with Crippen molar-refractivity contribution in [2.45, 2.75) is 11.3 Å². The lowest BCUT2D eigenvalue weighted by Gasteiger charge is -2.22. The minimum Gasteiger partial charge on any atom is -0.310 e. The number of carbonyl (C=O) groups excluding carboxylic acids is 1. The van der Waals surface area contributed by atoms with Crippen LogP contribution in [0.4, 0.5) is 11.4 Å². The van der Waals surface area contributed by atoms with Gasteiger partial charge in [-0.15, -0.1) is 0 Å². The molecule has 10 heteroatoms. The van der Waals surface area contributed by atoms with E-state index in [1.165, 1.54) is 48.3 Å². The smallest absolute Gasteiger partial charge is 0.271 e. The number of sulfonamides is 1. The molecule has 142 valence electrons. The molecule has 0 bridgehead atoms. The predicted molar refractivity (Wildman–Crippen MR) is 100 cm³/mol. The van der Waals surface area contributed by atoms with Gasteiger partial charge in [0.05, 0.1) is 22.1 Å². The van der Waals surface area contributed by atoms with E-state index in [1.54, 1.807) is 6.07 Å². The molecule has 1 aliphatic heterocycles. The van der Waals surface area contributed by atoms with Gasteiger partial charge in [-0.05, 0) is 36.2 Å². The summed E-state index contributed by atoms with van der Waals surface area (Å²) >= 11 is 5.78. The van der Waals surface area contributed by atoms with E-state index in [1.807, 2.05) is 0 Å². The number of non-ortho nitro benzene ring substituents is 1. The third-order valence-electron chi connectivity index (χ3n) is 4.36. The molecule has 0 aliphatic carbocycles. The molecule has 0 fully saturated rings. The molecule has 0 radical (unpaired) electrons. The predicted octanol–water partition coefficient (Wildman–Crippen LogP) is 2.46. The van der Waals surface area contributed by atoms with E-state index >= 15 is 0 Å². The van der Waals surface area contributed by atoms with E-state index < -0.39 is 20.9 Å². The molecular weight excluding hydrogens is 394 g/mol. The molecule has 27 heavy (non-hydrogen) atoms. The Balaban J connectivity index is 1.79. The summed E-state index contributed by atoms with van der Waals surface area (Å²) < 4.78 is 26.2.